The molecule has 9 heteroatoms. The molecule has 0 bridgehead atoms. The van der Waals surface area contributed by atoms with Crippen LogP contribution in [0, 0.1) is 6.92 Å². The molecule has 8 nitrogen and oxygen atoms in total. The van der Waals surface area contributed by atoms with E-state index in [-0.39, 0.29) is 17.9 Å². The van der Waals surface area contributed by atoms with E-state index in [4.69, 9.17) is 18.9 Å². The second kappa shape index (κ2) is 11.0. The van der Waals surface area contributed by atoms with Crippen molar-refractivity contribution in [1.82, 2.24) is 4.90 Å². The number of Topliss-reactive ketones (excluding diaryl/α,β-unsaturated/α-hetero) is 1. The molecule has 0 saturated carbocycles. The minimum atomic E-state index is -0.886. The van der Waals surface area contributed by atoms with E-state index in [1.165, 1.54) is 37.6 Å². The number of aryl methyl sites for hydroxylation is 1. The highest BCUT2D eigenvalue weighted by molar-refractivity contribution is 7.09. The summed E-state index contributed by atoms with van der Waals surface area (Å²) in [6.45, 7) is 4.44. The molecule has 1 aromatic heterocycles. The number of nitrogens with zero attached hydrogens (tertiary/aromatic N) is 1. The number of ketones is 1. The van der Waals surface area contributed by atoms with Gasteiger partial charge in [-0.05, 0) is 66.8 Å². The maximum atomic E-state index is 13.4. The van der Waals surface area contributed by atoms with Gasteiger partial charge in [-0.1, -0.05) is 6.07 Å². The second-order valence-electron chi connectivity index (χ2n) is 8.38. The van der Waals surface area contributed by atoms with Gasteiger partial charge in [-0.2, -0.15) is 0 Å². The van der Waals surface area contributed by atoms with Gasteiger partial charge in [0.25, 0.3) is 11.7 Å². The topological polar surface area (TPSA) is 94.5 Å². The van der Waals surface area contributed by atoms with Crippen LogP contribution >= 0.6 is 11.3 Å². The maximum Gasteiger partial charge on any atom is 0.295 e. The Kier molecular flexibility index (Phi) is 7.73. The monoisotopic (exact) mass is 523 g/mol. The number of rotatable bonds is 9. The Morgan fingerprint density at radius 3 is 2.24 bits per heavy atom. The summed E-state index contributed by atoms with van der Waals surface area (Å²) >= 11 is 1.48. The number of carbonyl (C=O) groups excluding carboxylic acids is 2. The smallest absolute Gasteiger partial charge is 0.295 e. The molecule has 2 aromatic carbocycles. The lowest BCUT2D eigenvalue weighted by atomic mass is 9.94. The molecule has 2 heterocycles. The van der Waals surface area contributed by atoms with Crippen molar-refractivity contribution < 1.29 is 33.6 Å². The van der Waals surface area contributed by atoms with Crippen molar-refractivity contribution in [2.75, 3.05) is 27.9 Å². The van der Waals surface area contributed by atoms with Crippen LogP contribution in [0.1, 0.15) is 34.5 Å². The van der Waals surface area contributed by atoms with Gasteiger partial charge in [0.05, 0.1) is 46.1 Å². The number of ether oxygens (including phenoxy) is 4. The highest BCUT2D eigenvalue weighted by Crippen LogP contribution is 2.46. The van der Waals surface area contributed by atoms with Crippen molar-refractivity contribution in [2.45, 2.75) is 26.4 Å². The molecule has 0 aliphatic carbocycles. The van der Waals surface area contributed by atoms with Gasteiger partial charge < -0.3 is 29.0 Å². The lowest BCUT2D eigenvalue weighted by Gasteiger charge is -2.26. The standard InChI is InChI=1S/C28H29NO7S/c1-6-36-20-10-9-17(12-16(20)2)25(30)23-24(18-13-21(33-3)27(35-5)22(14-18)34-4)29(28(32)26(23)31)15-19-8-7-11-37-19/h7-14,24,30H,6,15H2,1-5H3/b25-23+. The van der Waals surface area contributed by atoms with E-state index in [0.29, 0.717) is 40.7 Å². The third kappa shape index (κ3) is 4.86. The fourth-order valence-corrected chi connectivity index (χ4v) is 5.19. The molecule has 1 fully saturated rings. The van der Waals surface area contributed by atoms with Crippen LogP contribution in [-0.4, -0.2) is 49.6 Å². The van der Waals surface area contributed by atoms with Crippen LogP contribution in [0.4, 0.5) is 0 Å². The number of aliphatic hydroxyl groups excluding tert-OH is 1. The summed E-state index contributed by atoms with van der Waals surface area (Å²) in [5, 5.41) is 13.3. The first-order chi connectivity index (χ1) is 17.8. The van der Waals surface area contributed by atoms with Gasteiger partial charge in [-0.3, -0.25) is 9.59 Å². The number of hydrogen-bond acceptors (Lipinski definition) is 8. The molecule has 1 N–H and O–H groups in total. The summed E-state index contributed by atoms with van der Waals surface area (Å²) in [5.74, 6) is 0.0723. The normalized spacial score (nSPS) is 16.7. The van der Waals surface area contributed by atoms with E-state index in [1.54, 1.807) is 30.3 Å². The molecule has 194 valence electrons. The molecule has 1 amide bonds. The van der Waals surface area contributed by atoms with Gasteiger partial charge in [0.15, 0.2) is 11.5 Å². The van der Waals surface area contributed by atoms with E-state index in [2.05, 4.69) is 0 Å². The Morgan fingerprint density at radius 1 is 1.00 bits per heavy atom. The molecule has 3 aromatic rings. The average molecular weight is 524 g/mol. The summed E-state index contributed by atoms with van der Waals surface area (Å²) in [4.78, 5) is 29.1. The van der Waals surface area contributed by atoms with Crippen LogP contribution in [0.5, 0.6) is 23.0 Å². The fourth-order valence-electron chi connectivity index (χ4n) is 4.49. The lowest BCUT2D eigenvalue weighted by Crippen LogP contribution is -2.29. The Morgan fingerprint density at radius 2 is 1.70 bits per heavy atom. The van der Waals surface area contributed by atoms with Crippen molar-refractivity contribution in [2.24, 2.45) is 0 Å². The van der Waals surface area contributed by atoms with Crippen molar-refractivity contribution in [3.8, 4) is 23.0 Å². The molecular weight excluding hydrogens is 494 g/mol. The average Bonchev–Trinajstić information content (AvgIpc) is 3.51. The highest BCUT2D eigenvalue weighted by atomic mass is 32.1. The van der Waals surface area contributed by atoms with Crippen LogP contribution < -0.4 is 18.9 Å². The van der Waals surface area contributed by atoms with Gasteiger partial charge in [-0.25, -0.2) is 0 Å². The first-order valence-electron chi connectivity index (χ1n) is 11.7. The largest absolute Gasteiger partial charge is 0.507 e. The number of methoxy groups -OCH3 is 3. The van der Waals surface area contributed by atoms with Gasteiger partial charge in [0.1, 0.15) is 11.5 Å². The quantitative estimate of drug-likeness (QED) is 0.237. The first-order valence-corrected chi connectivity index (χ1v) is 12.6. The Hall–Kier alpha value is -3.98. The van der Waals surface area contributed by atoms with Crippen LogP contribution in [0.2, 0.25) is 0 Å². The predicted molar refractivity (Wildman–Crippen MR) is 141 cm³/mol. The minimum absolute atomic E-state index is 0.0145. The molecular formula is C28H29NO7S. The number of hydrogen-bond donors (Lipinski definition) is 1. The Labute approximate surface area is 219 Å². The molecule has 1 atom stereocenters. The number of thiophene rings is 1. The minimum Gasteiger partial charge on any atom is -0.507 e. The Balaban J connectivity index is 1.92. The first kappa shape index (κ1) is 26.1. The zero-order chi connectivity index (χ0) is 26.7. The highest BCUT2D eigenvalue weighted by Gasteiger charge is 2.46. The SMILES string of the molecule is CCOc1ccc(/C(O)=C2\C(=O)C(=O)N(Cc3cccs3)C2c2cc(OC)c(OC)c(OC)c2)cc1C. The summed E-state index contributed by atoms with van der Waals surface area (Å²) in [6.07, 6.45) is 0. The van der Waals surface area contributed by atoms with E-state index in [1.807, 2.05) is 31.4 Å². The van der Waals surface area contributed by atoms with E-state index < -0.39 is 17.7 Å². The number of carbonyl (C=O) groups is 2. The fraction of sp³-hybridized carbons (Fsp3) is 0.286. The lowest BCUT2D eigenvalue weighted by molar-refractivity contribution is -0.140. The van der Waals surface area contributed by atoms with Gasteiger partial charge in [0.2, 0.25) is 5.75 Å². The van der Waals surface area contributed by atoms with Crippen molar-refractivity contribution in [3.05, 3.63) is 75.0 Å². The summed E-state index contributed by atoms with van der Waals surface area (Å²) < 4.78 is 22.1. The van der Waals surface area contributed by atoms with E-state index in [9.17, 15) is 14.7 Å². The third-order valence-electron chi connectivity index (χ3n) is 6.20. The molecule has 4 rings (SSSR count). The molecule has 0 radical (unpaired) electrons. The number of aliphatic hydroxyl groups is 1. The van der Waals surface area contributed by atoms with Crippen LogP contribution in [-0.2, 0) is 16.1 Å². The summed E-state index contributed by atoms with van der Waals surface area (Å²) in [7, 11) is 4.48. The number of likely N-dealkylation sites (tertiary alicyclic amines) is 1. The van der Waals surface area contributed by atoms with Gasteiger partial charge >= 0.3 is 0 Å². The van der Waals surface area contributed by atoms with Gasteiger partial charge in [0, 0.05) is 10.4 Å². The van der Waals surface area contributed by atoms with Crippen LogP contribution in [0.3, 0.4) is 0 Å². The molecule has 1 saturated heterocycles. The van der Waals surface area contributed by atoms with Crippen LogP contribution in [0.25, 0.3) is 5.76 Å². The van der Waals surface area contributed by atoms with Crippen molar-refractivity contribution >= 4 is 28.8 Å². The summed E-state index contributed by atoms with van der Waals surface area (Å²) in [5.41, 5.74) is 1.73. The predicted octanol–water partition coefficient (Wildman–Crippen LogP) is 5.10. The van der Waals surface area contributed by atoms with Crippen molar-refractivity contribution in [3.63, 3.8) is 0 Å². The second-order valence-corrected chi connectivity index (χ2v) is 9.41. The molecule has 1 unspecified atom stereocenters. The molecule has 1 aliphatic heterocycles. The molecule has 37 heavy (non-hydrogen) atoms. The molecule has 1 aliphatic rings. The number of benzene rings is 2. The third-order valence-corrected chi connectivity index (χ3v) is 7.06. The zero-order valence-electron chi connectivity index (χ0n) is 21.4. The molecule has 0 spiro atoms. The maximum absolute atomic E-state index is 13.4. The zero-order valence-corrected chi connectivity index (χ0v) is 22.2. The number of amides is 1. The van der Waals surface area contributed by atoms with Gasteiger partial charge in [-0.15, -0.1) is 11.3 Å². The Bertz CT molecular complexity index is 1320. The van der Waals surface area contributed by atoms with E-state index >= 15 is 0 Å². The van der Waals surface area contributed by atoms with Crippen molar-refractivity contribution in [1.29, 1.82) is 0 Å². The van der Waals surface area contributed by atoms with Crippen LogP contribution in [0.15, 0.2) is 53.4 Å². The summed E-state index contributed by atoms with van der Waals surface area (Å²) in [6, 6.07) is 11.4. The van der Waals surface area contributed by atoms with E-state index in [0.717, 1.165) is 10.4 Å².